The van der Waals surface area contributed by atoms with E-state index in [1.807, 2.05) is 12.4 Å². The van der Waals surface area contributed by atoms with Gasteiger partial charge in [0.2, 0.25) is 0 Å². The standard InChI is InChI=1S/C15H26N2O/c1-5-17-14(15(12(3)4)18-6-2)11-13-7-9-16-10-8-13/h7-10,12,14-15,17H,5-6,11H2,1-4H3. The average Bonchev–Trinajstić information content (AvgIpc) is 2.36. The number of hydrogen-bond acceptors (Lipinski definition) is 3. The van der Waals surface area contributed by atoms with Crippen LogP contribution in [0.2, 0.25) is 0 Å². The minimum absolute atomic E-state index is 0.253. The monoisotopic (exact) mass is 250 g/mol. The van der Waals surface area contributed by atoms with E-state index in [2.05, 4.69) is 50.1 Å². The largest absolute Gasteiger partial charge is 0.377 e. The summed E-state index contributed by atoms with van der Waals surface area (Å²) in [5.74, 6) is 0.510. The van der Waals surface area contributed by atoms with Crippen molar-refractivity contribution < 1.29 is 4.74 Å². The third-order valence-corrected chi connectivity index (χ3v) is 3.08. The molecular weight excluding hydrogens is 224 g/mol. The molecule has 1 heterocycles. The fourth-order valence-corrected chi connectivity index (χ4v) is 2.31. The third kappa shape index (κ3) is 4.75. The van der Waals surface area contributed by atoms with Gasteiger partial charge in [-0.3, -0.25) is 4.98 Å². The van der Waals surface area contributed by atoms with E-state index in [0.29, 0.717) is 12.0 Å². The molecule has 102 valence electrons. The summed E-state index contributed by atoms with van der Waals surface area (Å²) in [6.07, 6.45) is 4.94. The predicted molar refractivity (Wildman–Crippen MR) is 75.7 cm³/mol. The molecule has 1 aromatic rings. The maximum absolute atomic E-state index is 5.91. The topological polar surface area (TPSA) is 34.2 Å². The summed E-state index contributed by atoms with van der Waals surface area (Å²) in [6, 6.07) is 4.51. The van der Waals surface area contributed by atoms with Gasteiger partial charge in [0.25, 0.3) is 0 Å². The van der Waals surface area contributed by atoms with Crippen molar-refractivity contribution in [1.82, 2.24) is 10.3 Å². The number of rotatable bonds is 8. The van der Waals surface area contributed by atoms with Crippen molar-refractivity contribution in [2.75, 3.05) is 13.2 Å². The molecule has 1 rings (SSSR count). The Kier molecular flexibility index (Phi) is 6.91. The summed E-state index contributed by atoms with van der Waals surface area (Å²) in [5, 5.41) is 3.55. The Morgan fingerprint density at radius 3 is 2.39 bits per heavy atom. The van der Waals surface area contributed by atoms with Crippen molar-refractivity contribution in [3.63, 3.8) is 0 Å². The lowest BCUT2D eigenvalue weighted by Gasteiger charge is -2.30. The Balaban J connectivity index is 2.73. The highest BCUT2D eigenvalue weighted by Gasteiger charge is 2.24. The zero-order valence-corrected chi connectivity index (χ0v) is 12.0. The van der Waals surface area contributed by atoms with Crippen LogP contribution in [0, 0.1) is 5.92 Å². The van der Waals surface area contributed by atoms with Crippen LogP contribution in [0.25, 0.3) is 0 Å². The molecule has 0 aliphatic rings. The fraction of sp³-hybridized carbons (Fsp3) is 0.667. The molecule has 1 N–H and O–H groups in total. The third-order valence-electron chi connectivity index (χ3n) is 3.08. The number of pyridine rings is 1. The first kappa shape index (κ1) is 15.1. The van der Waals surface area contributed by atoms with E-state index < -0.39 is 0 Å². The van der Waals surface area contributed by atoms with Crippen molar-refractivity contribution in [3.05, 3.63) is 30.1 Å². The van der Waals surface area contributed by atoms with Gasteiger partial charge in [0.1, 0.15) is 0 Å². The van der Waals surface area contributed by atoms with Crippen molar-refractivity contribution in [2.45, 2.75) is 46.3 Å². The first-order valence-electron chi connectivity index (χ1n) is 6.92. The molecule has 18 heavy (non-hydrogen) atoms. The Morgan fingerprint density at radius 1 is 1.22 bits per heavy atom. The van der Waals surface area contributed by atoms with Crippen LogP contribution in [0.4, 0.5) is 0 Å². The SMILES string of the molecule is CCNC(Cc1ccncc1)C(OCC)C(C)C. The van der Waals surface area contributed by atoms with Crippen LogP contribution in [0.3, 0.4) is 0 Å². The van der Waals surface area contributed by atoms with Gasteiger partial charge in [-0.15, -0.1) is 0 Å². The summed E-state index contributed by atoms with van der Waals surface area (Å²) >= 11 is 0. The quantitative estimate of drug-likeness (QED) is 0.770. The molecule has 2 unspecified atom stereocenters. The smallest absolute Gasteiger partial charge is 0.0753 e. The Labute approximate surface area is 111 Å². The van der Waals surface area contributed by atoms with Crippen molar-refractivity contribution in [1.29, 1.82) is 0 Å². The lowest BCUT2D eigenvalue weighted by Crippen LogP contribution is -2.45. The van der Waals surface area contributed by atoms with E-state index in [-0.39, 0.29) is 6.10 Å². The minimum Gasteiger partial charge on any atom is -0.377 e. The molecule has 3 heteroatoms. The zero-order chi connectivity index (χ0) is 13.4. The number of ether oxygens (including phenoxy) is 1. The van der Waals surface area contributed by atoms with Crippen LogP contribution in [0.15, 0.2) is 24.5 Å². The van der Waals surface area contributed by atoms with Crippen LogP contribution in [0.1, 0.15) is 33.3 Å². The molecule has 0 bridgehead atoms. The summed E-state index contributed by atoms with van der Waals surface area (Å²) in [7, 11) is 0. The Morgan fingerprint density at radius 2 is 1.89 bits per heavy atom. The number of likely N-dealkylation sites (N-methyl/N-ethyl adjacent to an activating group) is 1. The average molecular weight is 250 g/mol. The molecule has 0 radical (unpaired) electrons. The maximum atomic E-state index is 5.91. The van der Waals surface area contributed by atoms with Gasteiger partial charge in [0.05, 0.1) is 6.10 Å². The maximum Gasteiger partial charge on any atom is 0.0753 e. The summed E-state index contributed by atoms with van der Waals surface area (Å²) in [6.45, 7) is 10.4. The van der Waals surface area contributed by atoms with Gasteiger partial charge in [-0.1, -0.05) is 20.8 Å². The van der Waals surface area contributed by atoms with Gasteiger partial charge in [-0.2, -0.15) is 0 Å². The fourth-order valence-electron chi connectivity index (χ4n) is 2.31. The van der Waals surface area contributed by atoms with E-state index >= 15 is 0 Å². The second-order valence-corrected chi connectivity index (χ2v) is 4.89. The van der Waals surface area contributed by atoms with Gasteiger partial charge < -0.3 is 10.1 Å². The van der Waals surface area contributed by atoms with Gasteiger partial charge in [0, 0.05) is 25.0 Å². The highest BCUT2D eigenvalue weighted by atomic mass is 16.5. The van der Waals surface area contributed by atoms with Gasteiger partial charge in [-0.05, 0) is 43.5 Å². The number of aromatic nitrogens is 1. The van der Waals surface area contributed by atoms with E-state index in [4.69, 9.17) is 4.74 Å². The van der Waals surface area contributed by atoms with Crippen LogP contribution >= 0.6 is 0 Å². The molecule has 0 aromatic carbocycles. The molecule has 0 spiro atoms. The molecule has 3 nitrogen and oxygen atoms in total. The highest BCUT2D eigenvalue weighted by molar-refractivity contribution is 5.12. The van der Waals surface area contributed by atoms with Crippen molar-refractivity contribution in [2.24, 2.45) is 5.92 Å². The van der Waals surface area contributed by atoms with E-state index in [9.17, 15) is 0 Å². The molecule has 2 atom stereocenters. The molecule has 0 fully saturated rings. The second-order valence-electron chi connectivity index (χ2n) is 4.89. The van der Waals surface area contributed by atoms with Gasteiger partial charge >= 0.3 is 0 Å². The lowest BCUT2D eigenvalue weighted by molar-refractivity contribution is 0.00395. The first-order chi connectivity index (χ1) is 8.69. The van der Waals surface area contributed by atoms with E-state index in [1.54, 1.807) is 0 Å². The van der Waals surface area contributed by atoms with Crippen LogP contribution in [-0.2, 0) is 11.2 Å². The Bertz CT molecular complexity index is 314. The van der Waals surface area contributed by atoms with Crippen molar-refractivity contribution in [3.8, 4) is 0 Å². The van der Waals surface area contributed by atoms with Gasteiger partial charge in [-0.25, -0.2) is 0 Å². The predicted octanol–water partition coefficient (Wildman–Crippen LogP) is 2.66. The van der Waals surface area contributed by atoms with Gasteiger partial charge in [0.15, 0.2) is 0 Å². The molecule has 0 aliphatic carbocycles. The normalized spacial score (nSPS) is 14.7. The number of nitrogens with zero attached hydrogens (tertiary/aromatic N) is 1. The van der Waals surface area contributed by atoms with Crippen LogP contribution < -0.4 is 5.32 Å². The highest BCUT2D eigenvalue weighted by Crippen LogP contribution is 2.15. The van der Waals surface area contributed by atoms with Crippen LogP contribution in [-0.4, -0.2) is 30.3 Å². The van der Waals surface area contributed by atoms with E-state index in [1.165, 1.54) is 5.56 Å². The summed E-state index contributed by atoms with van der Waals surface area (Å²) in [5.41, 5.74) is 1.31. The molecular formula is C15H26N2O. The number of nitrogens with one attached hydrogen (secondary N) is 1. The summed E-state index contributed by atoms with van der Waals surface area (Å²) < 4.78 is 5.91. The number of hydrogen-bond donors (Lipinski definition) is 1. The molecule has 0 saturated heterocycles. The second kappa shape index (κ2) is 8.22. The molecule has 1 aromatic heterocycles. The lowest BCUT2D eigenvalue weighted by atomic mass is 9.94. The minimum atomic E-state index is 0.253. The molecule has 0 saturated carbocycles. The van der Waals surface area contributed by atoms with E-state index in [0.717, 1.165) is 19.6 Å². The van der Waals surface area contributed by atoms with Crippen molar-refractivity contribution >= 4 is 0 Å². The first-order valence-corrected chi connectivity index (χ1v) is 6.92. The van der Waals surface area contributed by atoms with Crippen LogP contribution in [0.5, 0.6) is 0 Å². The molecule has 0 amide bonds. The molecule has 0 aliphatic heterocycles. The summed E-state index contributed by atoms with van der Waals surface area (Å²) in [4.78, 5) is 4.06. The zero-order valence-electron chi connectivity index (χ0n) is 12.0. The Hall–Kier alpha value is -0.930.